The van der Waals surface area contributed by atoms with Crippen LogP contribution in [0.2, 0.25) is 0 Å². The van der Waals surface area contributed by atoms with E-state index in [-0.39, 0.29) is 15.1 Å². The lowest BCUT2D eigenvalue weighted by atomic mass is 10.0. The molecule has 0 saturated carbocycles. The van der Waals surface area contributed by atoms with Gasteiger partial charge in [0.1, 0.15) is 6.10 Å². The number of carbonyl (C=O) groups is 1. The summed E-state index contributed by atoms with van der Waals surface area (Å²) in [5.74, 6) is -0.359. The van der Waals surface area contributed by atoms with E-state index in [1.807, 2.05) is 0 Å². The number of rotatable bonds is 2. The summed E-state index contributed by atoms with van der Waals surface area (Å²) in [6.45, 7) is 0.492. The average molecular weight is 343 g/mol. The monoisotopic (exact) mass is 342 g/mol. The Morgan fingerprint density at radius 1 is 1.44 bits per heavy atom. The van der Waals surface area contributed by atoms with E-state index in [1.54, 1.807) is 0 Å². The largest absolute Gasteiger partial charge is 0.418 e. The summed E-state index contributed by atoms with van der Waals surface area (Å²) in [5.41, 5.74) is -0.799. The average Bonchev–Trinajstić information content (AvgIpc) is 2.71. The van der Waals surface area contributed by atoms with Crippen molar-refractivity contribution >= 4 is 33.0 Å². The molecule has 1 aromatic rings. The van der Waals surface area contributed by atoms with Gasteiger partial charge >= 0.3 is 6.18 Å². The second-order valence-corrected chi connectivity index (χ2v) is 5.68. The molecule has 100 valence electrons. The van der Waals surface area contributed by atoms with Crippen molar-refractivity contribution in [2.24, 2.45) is 0 Å². The van der Waals surface area contributed by atoms with Gasteiger partial charge in [0, 0.05) is 12.0 Å². The van der Waals surface area contributed by atoms with Crippen LogP contribution in [0.4, 0.5) is 13.2 Å². The number of Topliss-reactive ketones (excluding diaryl/α,β-unsaturated/α-hetero) is 1. The van der Waals surface area contributed by atoms with E-state index in [0.717, 1.165) is 29.6 Å². The van der Waals surface area contributed by atoms with Gasteiger partial charge in [-0.15, -0.1) is 11.3 Å². The Kier molecular flexibility index (Phi) is 4.13. The lowest BCUT2D eigenvalue weighted by molar-refractivity contribution is -0.137. The Morgan fingerprint density at radius 3 is 2.67 bits per heavy atom. The van der Waals surface area contributed by atoms with Gasteiger partial charge in [0.2, 0.25) is 5.78 Å². The molecule has 0 aliphatic carbocycles. The fraction of sp³-hybridized carbons (Fsp3) is 0.545. The molecule has 2 rings (SSSR count). The third-order valence-corrected chi connectivity index (χ3v) is 4.81. The molecular weight excluding hydrogens is 333 g/mol. The van der Waals surface area contributed by atoms with Crippen LogP contribution < -0.4 is 0 Å². The third kappa shape index (κ3) is 2.78. The lowest BCUT2D eigenvalue weighted by Crippen LogP contribution is -2.28. The van der Waals surface area contributed by atoms with Crippen molar-refractivity contribution in [2.45, 2.75) is 31.5 Å². The van der Waals surface area contributed by atoms with Crippen LogP contribution >= 0.6 is 27.3 Å². The molecule has 1 aromatic heterocycles. The van der Waals surface area contributed by atoms with Crippen LogP contribution in [0, 0.1) is 0 Å². The minimum absolute atomic E-state index is 0.0919. The molecule has 0 N–H and O–H groups in total. The van der Waals surface area contributed by atoms with E-state index in [2.05, 4.69) is 15.9 Å². The molecule has 1 fully saturated rings. The van der Waals surface area contributed by atoms with Crippen molar-refractivity contribution in [2.75, 3.05) is 6.61 Å². The van der Waals surface area contributed by atoms with E-state index in [4.69, 9.17) is 4.74 Å². The maximum atomic E-state index is 12.6. The van der Waals surface area contributed by atoms with Gasteiger partial charge < -0.3 is 4.74 Å². The molecular formula is C11H10BrF3O2S. The second kappa shape index (κ2) is 5.30. The predicted octanol–water partition coefficient (Wildman–Crippen LogP) is 4.28. The number of hydrogen-bond donors (Lipinski definition) is 0. The smallest absolute Gasteiger partial charge is 0.370 e. The van der Waals surface area contributed by atoms with Gasteiger partial charge in [0.05, 0.1) is 14.9 Å². The summed E-state index contributed by atoms with van der Waals surface area (Å²) in [5, 5.41) is 0.958. The number of hydrogen-bond acceptors (Lipinski definition) is 3. The van der Waals surface area contributed by atoms with Crippen molar-refractivity contribution in [1.29, 1.82) is 0 Å². The highest BCUT2D eigenvalue weighted by Gasteiger charge is 2.37. The molecule has 1 unspecified atom stereocenters. The van der Waals surface area contributed by atoms with E-state index in [1.165, 1.54) is 0 Å². The predicted molar refractivity (Wildman–Crippen MR) is 64.9 cm³/mol. The number of thiophene rings is 1. The van der Waals surface area contributed by atoms with Gasteiger partial charge in [-0.1, -0.05) is 0 Å². The SMILES string of the molecule is O=C(c1scc(C(F)(F)F)c1Br)C1CCCCO1. The van der Waals surface area contributed by atoms with Gasteiger partial charge in [-0.25, -0.2) is 0 Å². The molecule has 1 aliphatic heterocycles. The molecule has 7 heteroatoms. The van der Waals surface area contributed by atoms with E-state index in [0.29, 0.717) is 13.0 Å². The lowest BCUT2D eigenvalue weighted by Gasteiger charge is -2.20. The van der Waals surface area contributed by atoms with Crippen molar-refractivity contribution in [1.82, 2.24) is 0 Å². The molecule has 2 nitrogen and oxygen atoms in total. The molecule has 0 amide bonds. The van der Waals surface area contributed by atoms with E-state index < -0.39 is 17.8 Å². The molecule has 2 heterocycles. The van der Waals surface area contributed by atoms with Crippen LogP contribution in [-0.4, -0.2) is 18.5 Å². The molecule has 0 spiro atoms. The van der Waals surface area contributed by atoms with E-state index >= 15 is 0 Å². The van der Waals surface area contributed by atoms with Crippen molar-refractivity contribution in [3.8, 4) is 0 Å². The number of halogens is 4. The number of carbonyl (C=O) groups excluding carboxylic acids is 1. The van der Waals surface area contributed by atoms with Crippen molar-refractivity contribution in [3.63, 3.8) is 0 Å². The zero-order valence-corrected chi connectivity index (χ0v) is 11.6. The summed E-state index contributed by atoms with van der Waals surface area (Å²) in [7, 11) is 0. The molecule has 1 atom stereocenters. The van der Waals surface area contributed by atoms with Crippen LogP contribution in [0.5, 0.6) is 0 Å². The molecule has 0 radical (unpaired) electrons. The van der Waals surface area contributed by atoms with Crippen LogP contribution in [0.15, 0.2) is 9.85 Å². The second-order valence-electron chi connectivity index (χ2n) is 4.01. The highest BCUT2D eigenvalue weighted by molar-refractivity contribution is 9.10. The number of alkyl halides is 3. The first-order valence-electron chi connectivity index (χ1n) is 5.41. The highest BCUT2D eigenvalue weighted by atomic mass is 79.9. The molecule has 0 bridgehead atoms. The molecule has 18 heavy (non-hydrogen) atoms. The van der Waals surface area contributed by atoms with Gasteiger partial charge in [-0.2, -0.15) is 13.2 Å². The first kappa shape index (κ1) is 14.0. The molecule has 1 aliphatic rings. The van der Waals surface area contributed by atoms with Gasteiger partial charge in [-0.3, -0.25) is 4.79 Å². The van der Waals surface area contributed by atoms with Crippen LogP contribution in [0.1, 0.15) is 34.5 Å². The summed E-state index contributed by atoms with van der Waals surface area (Å²) in [4.78, 5) is 12.1. The quantitative estimate of drug-likeness (QED) is 0.749. The zero-order valence-electron chi connectivity index (χ0n) is 9.22. The number of ketones is 1. The standard InChI is InChI=1S/C11H10BrF3O2S/c12-8-6(11(13,14)15)5-18-10(8)9(16)7-3-1-2-4-17-7/h5,7H,1-4H2. The van der Waals surface area contributed by atoms with Crippen LogP contribution in [0.3, 0.4) is 0 Å². The Bertz CT molecular complexity index is 450. The van der Waals surface area contributed by atoms with Crippen molar-refractivity contribution in [3.05, 3.63) is 20.3 Å². The zero-order chi connectivity index (χ0) is 13.3. The van der Waals surface area contributed by atoms with Gasteiger partial charge in [-0.05, 0) is 35.2 Å². The molecule has 0 aromatic carbocycles. The first-order valence-corrected chi connectivity index (χ1v) is 7.08. The Hall–Kier alpha value is -0.400. The summed E-state index contributed by atoms with van der Waals surface area (Å²) >= 11 is 3.68. The summed E-state index contributed by atoms with van der Waals surface area (Å²) in [6.07, 6.45) is -2.71. The van der Waals surface area contributed by atoms with Gasteiger partial charge in [0.25, 0.3) is 0 Å². The van der Waals surface area contributed by atoms with Crippen molar-refractivity contribution < 1.29 is 22.7 Å². The fourth-order valence-corrected chi connectivity index (χ4v) is 3.71. The Morgan fingerprint density at radius 2 is 2.17 bits per heavy atom. The summed E-state index contributed by atoms with van der Waals surface area (Å²) in [6, 6.07) is 0. The summed E-state index contributed by atoms with van der Waals surface area (Å²) < 4.78 is 42.9. The molecule has 1 saturated heterocycles. The minimum atomic E-state index is -4.44. The minimum Gasteiger partial charge on any atom is -0.370 e. The maximum absolute atomic E-state index is 12.6. The highest BCUT2D eigenvalue weighted by Crippen LogP contribution is 2.40. The Labute approximate surface area is 114 Å². The normalized spacial score (nSPS) is 21.0. The van der Waals surface area contributed by atoms with Crippen LogP contribution in [0.25, 0.3) is 0 Å². The van der Waals surface area contributed by atoms with E-state index in [9.17, 15) is 18.0 Å². The van der Waals surface area contributed by atoms with Crippen LogP contribution in [-0.2, 0) is 10.9 Å². The fourth-order valence-electron chi connectivity index (χ4n) is 1.79. The number of ether oxygens (including phenoxy) is 1. The maximum Gasteiger partial charge on any atom is 0.418 e. The van der Waals surface area contributed by atoms with Gasteiger partial charge in [0.15, 0.2) is 0 Å². The topological polar surface area (TPSA) is 26.3 Å². The third-order valence-electron chi connectivity index (χ3n) is 2.73. The Balaban J connectivity index is 2.23. The first-order chi connectivity index (χ1) is 8.41.